The molecule has 0 aliphatic rings. The van der Waals surface area contributed by atoms with E-state index in [1.54, 1.807) is 0 Å². The van der Waals surface area contributed by atoms with Gasteiger partial charge in [-0.1, -0.05) is 60.1 Å². The van der Waals surface area contributed by atoms with Crippen LogP contribution in [0, 0.1) is 0 Å². The quantitative estimate of drug-likeness (QED) is 0.771. The van der Waals surface area contributed by atoms with E-state index in [1.165, 1.54) is 16.3 Å². The minimum Gasteiger partial charge on any atom is -0.432 e. The summed E-state index contributed by atoms with van der Waals surface area (Å²) in [5.41, 5.74) is 1.32. The van der Waals surface area contributed by atoms with Crippen LogP contribution in [0.2, 0.25) is 18.1 Å². The van der Waals surface area contributed by atoms with Crippen molar-refractivity contribution in [3.8, 4) is 0 Å². The minimum atomic E-state index is -2.18. The lowest BCUT2D eigenvalue weighted by Gasteiger charge is -2.35. The summed E-state index contributed by atoms with van der Waals surface area (Å²) < 4.78 is 1.13. The number of benzene rings is 2. The molecule has 0 saturated heterocycles. The highest BCUT2D eigenvalue weighted by molar-refractivity contribution is 9.10. The van der Waals surface area contributed by atoms with Gasteiger partial charge in [-0.05, 0) is 47.0 Å². The van der Waals surface area contributed by atoms with E-state index >= 15 is 0 Å². The van der Waals surface area contributed by atoms with E-state index in [0.29, 0.717) is 0 Å². The maximum Gasteiger partial charge on any atom is 0.188 e. The maximum absolute atomic E-state index is 10.5. The largest absolute Gasteiger partial charge is 0.432 e. The summed E-state index contributed by atoms with van der Waals surface area (Å²) in [6.07, 6.45) is 0.913. The third-order valence-corrected chi connectivity index (χ3v) is 8.43. The second-order valence-electron chi connectivity index (χ2n) is 6.37. The molecule has 0 aliphatic heterocycles. The van der Waals surface area contributed by atoms with Gasteiger partial charge in [-0.2, -0.15) is 0 Å². The molecular weight excluding hydrogens is 316 g/mol. The molecule has 0 bridgehead atoms. The summed E-state index contributed by atoms with van der Waals surface area (Å²) in [5.74, 6) is 0. The molecule has 1 N–H and O–H groups in total. The molecule has 2 aromatic carbocycles. The van der Waals surface area contributed by atoms with Crippen molar-refractivity contribution in [3.63, 3.8) is 0 Å². The van der Waals surface area contributed by atoms with Crippen molar-refractivity contribution in [1.82, 2.24) is 0 Å². The number of halogens is 1. The lowest BCUT2D eigenvalue weighted by Crippen LogP contribution is -2.40. The molecule has 0 spiro atoms. The zero-order valence-electron chi connectivity index (χ0n) is 12.0. The second kappa shape index (κ2) is 5.04. The van der Waals surface area contributed by atoms with Gasteiger partial charge in [-0.25, -0.2) is 0 Å². The van der Waals surface area contributed by atoms with E-state index in [0.717, 1.165) is 10.9 Å². The third kappa shape index (κ3) is 2.93. The SMILES string of the molecule is CC(C)(Cc1ccc(Br)c2ccccc12)[Si](C)(C)O. The first-order valence-corrected chi connectivity index (χ1v) is 10.3. The van der Waals surface area contributed by atoms with Crippen LogP contribution in [-0.2, 0) is 6.42 Å². The minimum absolute atomic E-state index is 0.0381. The molecule has 2 rings (SSSR count). The highest BCUT2D eigenvalue weighted by atomic mass is 79.9. The van der Waals surface area contributed by atoms with Crippen molar-refractivity contribution in [2.45, 2.75) is 38.4 Å². The van der Waals surface area contributed by atoms with Gasteiger partial charge in [0.15, 0.2) is 8.32 Å². The van der Waals surface area contributed by atoms with E-state index in [-0.39, 0.29) is 5.04 Å². The molecule has 102 valence electrons. The number of hydrogen-bond donors (Lipinski definition) is 1. The fourth-order valence-electron chi connectivity index (χ4n) is 2.17. The van der Waals surface area contributed by atoms with Gasteiger partial charge in [-0.3, -0.25) is 0 Å². The average Bonchev–Trinajstić information content (AvgIpc) is 2.32. The Morgan fingerprint density at radius 1 is 1.05 bits per heavy atom. The lowest BCUT2D eigenvalue weighted by atomic mass is 9.96. The van der Waals surface area contributed by atoms with E-state index in [9.17, 15) is 4.80 Å². The topological polar surface area (TPSA) is 20.2 Å². The van der Waals surface area contributed by atoms with Gasteiger partial charge in [0.1, 0.15) is 0 Å². The zero-order valence-corrected chi connectivity index (χ0v) is 14.6. The third-order valence-electron chi connectivity index (χ3n) is 4.25. The smallest absolute Gasteiger partial charge is 0.188 e. The Morgan fingerprint density at radius 2 is 1.63 bits per heavy atom. The van der Waals surface area contributed by atoms with Crippen LogP contribution in [0.3, 0.4) is 0 Å². The summed E-state index contributed by atoms with van der Waals surface area (Å²) >= 11 is 3.61. The number of fused-ring (bicyclic) bond motifs is 1. The molecule has 0 radical (unpaired) electrons. The molecule has 0 heterocycles. The fourth-order valence-corrected chi connectivity index (χ4v) is 3.27. The van der Waals surface area contributed by atoms with Crippen LogP contribution >= 0.6 is 15.9 Å². The Bertz CT molecular complexity index is 599. The molecule has 0 fully saturated rings. The maximum atomic E-state index is 10.5. The van der Waals surface area contributed by atoms with E-state index in [2.05, 4.69) is 66.2 Å². The summed E-state index contributed by atoms with van der Waals surface area (Å²) in [7, 11) is -2.18. The predicted octanol–water partition coefficient (Wildman–Crippen LogP) is 5.12. The van der Waals surface area contributed by atoms with Crippen LogP contribution < -0.4 is 0 Å². The van der Waals surface area contributed by atoms with Gasteiger partial charge < -0.3 is 4.80 Å². The van der Waals surface area contributed by atoms with E-state index < -0.39 is 8.32 Å². The molecule has 0 aliphatic carbocycles. The molecule has 0 saturated carbocycles. The van der Waals surface area contributed by atoms with Crippen molar-refractivity contribution >= 4 is 35.0 Å². The normalized spacial score (nSPS) is 12.9. The highest BCUT2D eigenvalue weighted by Gasteiger charge is 2.38. The molecule has 0 atom stereocenters. The second-order valence-corrected chi connectivity index (χ2v) is 11.7. The van der Waals surface area contributed by atoms with Crippen molar-refractivity contribution in [1.29, 1.82) is 0 Å². The van der Waals surface area contributed by atoms with Crippen LogP contribution in [0.4, 0.5) is 0 Å². The first-order valence-electron chi connectivity index (χ1n) is 6.61. The van der Waals surface area contributed by atoms with E-state index in [4.69, 9.17) is 0 Å². The molecular formula is C16H21BrOSi. The summed E-state index contributed by atoms with van der Waals surface area (Å²) in [6.45, 7) is 8.40. The van der Waals surface area contributed by atoms with Crippen molar-refractivity contribution < 1.29 is 4.80 Å². The van der Waals surface area contributed by atoms with Gasteiger partial charge in [0.25, 0.3) is 0 Å². The Labute approximate surface area is 124 Å². The number of hydrogen-bond acceptors (Lipinski definition) is 1. The monoisotopic (exact) mass is 336 g/mol. The van der Waals surface area contributed by atoms with Gasteiger partial charge in [0.05, 0.1) is 0 Å². The number of rotatable bonds is 3. The van der Waals surface area contributed by atoms with Gasteiger partial charge in [-0.15, -0.1) is 0 Å². The molecule has 3 heteroatoms. The lowest BCUT2D eigenvalue weighted by molar-refractivity contribution is 0.468. The Balaban J connectivity index is 2.51. The molecule has 19 heavy (non-hydrogen) atoms. The zero-order chi connectivity index (χ0) is 14.3. The van der Waals surface area contributed by atoms with E-state index in [1.807, 2.05) is 13.1 Å². The van der Waals surface area contributed by atoms with Crippen LogP contribution in [0.25, 0.3) is 10.8 Å². The standard InChI is InChI=1S/C16H21BrOSi/c1-16(2,19(3,4)18)11-12-9-10-15(17)14-8-6-5-7-13(12)14/h5-10,18H,11H2,1-4H3. The molecule has 0 aromatic heterocycles. The van der Waals surface area contributed by atoms with Crippen molar-refractivity contribution in [2.24, 2.45) is 0 Å². The van der Waals surface area contributed by atoms with Crippen molar-refractivity contribution in [2.75, 3.05) is 0 Å². The van der Waals surface area contributed by atoms with Crippen LogP contribution in [-0.4, -0.2) is 13.1 Å². The van der Waals surface area contributed by atoms with Crippen LogP contribution in [0.5, 0.6) is 0 Å². The Morgan fingerprint density at radius 3 is 2.21 bits per heavy atom. The molecule has 0 unspecified atom stereocenters. The van der Waals surface area contributed by atoms with Crippen LogP contribution in [0.15, 0.2) is 40.9 Å². The van der Waals surface area contributed by atoms with Gasteiger partial charge in [0.2, 0.25) is 0 Å². The fraction of sp³-hybridized carbons (Fsp3) is 0.375. The van der Waals surface area contributed by atoms with Crippen LogP contribution in [0.1, 0.15) is 19.4 Å². The molecule has 2 aromatic rings. The van der Waals surface area contributed by atoms with Gasteiger partial charge >= 0.3 is 0 Å². The Kier molecular flexibility index (Phi) is 3.91. The first kappa shape index (κ1) is 14.8. The van der Waals surface area contributed by atoms with Crippen molar-refractivity contribution in [3.05, 3.63) is 46.4 Å². The highest BCUT2D eigenvalue weighted by Crippen LogP contribution is 2.40. The Hall–Kier alpha value is -0.643. The summed E-state index contributed by atoms with van der Waals surface area (Å²) in [5, 5.41) is 2.49. The predicted molar refractivity (Wildman–Crippen MR) is 89.1 cm³/mol. The summed E-state index contributed by atoms with van der Waals surface area (Å²) in [4.78, 5) is 10.5. The molecule has 1 nitrogen and oxygen atoms in total. The average molecular weight is 337 g/mol. The summed E-state index contributed by atoms with van der Waals surface area (Å²) in [6, 6.07) is 12.7. The molecule has 0 amide bonds. The first-order chi connectivity index (χ1) is 8.72. The van der Waals surface area contributed by atoms with Gasteiger partial charge in [0, 0.05) is 4.47 Å².